The Kier molecular flexibility index (Phi) is 5.22. The van der Waals surface area contributed by atoms with Gasteiger partial charge in [0.1, 0.15) is 0 Å². The Morgan fingerprint density at radius 1 is 1.19 bits per heavy atom. The fraction of sp³-hybridized carbons (Fsp3) is 0.136. The second-order valence-corrected chi connectivity index (χ2v) is 9.03. The number of fused-ring (bicyclic) bond motifs is 2. The summed E-state index contributed by atoms with van der Waals surface area (Å²) in [7, 11) is 0. The van der Waals surface area contributed by atoms with Gasteiger partial charge < -0.3 is 11.1 Å². The lowest BCUT2D eigenvalue weighted by molar-refractivity contribution is 0.713. The predicted octanol–water partition coefficient (Wildman–Crippen LogP) is 5.54. The molecule has 5 rings (SSSR count). The van der Waals surface area contributed by atoms with Crippen LogP contribution in [-0.2, 0) is 6.42 Å². The molecule has 156 valence electrons. The standard InChI is InChI=1S/C22H16BrCl2N5O/c23-15-10-30(20-16(24)2-1-3-17(20)25)21(31)14-9-27-22(29-19(14)15)28-12-6-4-11-5-7-18(26)13(11)8-12/h1-4,6,8-10,18H,5,7,26H2,(H,27,28,29). The zero-order valence-electron chi connectivity index (χ0n) is 16.1. The molecule has 31 heavy (non-hydrogen) atoms. The minimum absolute atomic E-state index is 0.0542. The van der Waals surface area contributed by atoms with Crippen LogP contribution in [0.15, 0.2) is 58.1 Å². The number of benzene rings is 2. The lowest BCUT2D eigenvalue weighted by Crippen LogP contribution is -2.19. The molecular formula is C22H16BrCl2N5O. The molecule has 1 atom stereocenters. The van der Waals surface area contributed by atoms with Crippen molar-refractivity contribution in [1.82, 2.24) is 14.5 Å². The van der Waals surface area contributed by atoms with Gasteiger partial charge in [0.2, 0.25) is 5.95 Å². The average molecular weight is 517 g/mol. The van der Waals surface area contributed by atoms with E-state index in [2.05, 4.69) is 37.3 Å². The molecule has 0 amide bonds. The summed E-state index contributed by atoms with van der Waals surface area (Å²) in [5, 5.41) is 4.29. The number of pyridine rings is 1. The number of anilines is 2. The molecule has 1 unspecified atom stereocenters. The highest BCUT2D eigenvalue weighted by molar-refractivity contribution is 9.10. The first-order chi connectivity index (χ1) is 14.9. The van der Waals surface area contributed by atoms with Crippen molar-refractivity contribution in [1.29, 1.82) is 0 Å². The van der Waals surface area contributed by atoms with Gasteiger partial charge in [0, 0.05) is 24.1 Å². The highest BCUT2D eigenvalue weighted by atomic mass is 79.9. The highest BCUT2D eigenvalue weighted by Crippen LogP contribution is 2.33. The maximum atomic E-state index is 13.1. The van der Waals surface area contributed by atoms with Gasteiger partial charge in [0.15, 0.2) is 0 Å². The third-order valence-electron chi connectivity index (χ3n) is 5.41. The van der Waals surface area contributed by atoms with Crippen molar-refractivity contribution in [2.45, 2.75) is 18.9 Å². The topological polar surface area (TPSA) is 85.8 Å². The van der Waals surface area contributed by atoms with Crippen LogP contribution < -0.4 is 16.6 Å². The number of aromatic nitrogens is 3. The Morgan fingerprint density at radius 3 is 2.74 bits per heavy atom. The van der Waals surface area contributed by atoms with Crippen LogP contribution in [0.3, 0.4) is 0 Å². The second kappa shape index (κ2) is 7.91. The molecule has 6 nitrogen and oxygen atoms in total. The molecule has 0 radical (unpaired) electrons. The number of para-hydroxylation sites is 1. The van der Waals surface area contributed by atoms with E-state index in [1.54, 1.807) is 24.4 Å². The molecule has 0 fully saturated rings. The van der Waals surface area contributed by atoms with E-state index in [0.29, 0.717) is 37.1 Å². The number of halogens is 3. The van der Waals surface area contributed by atoms with E-state index in [0.717, 1.165) is 24.1 Å². The summed E-state index contributed by atoms with van der Waals surface area (Å²) in [6, 6.07) is 11.2. The molecule has 2 aromatic heterocycles. The molecule has 2 heterocycles. The summed E-state index contributed by atoms with van der Waals surface area (Å²) in [6.45, 7) is 0. The number of rotatable bonds is 3. The van der Waals surface area contributed by atoms with Crippen molar-refractivity contribution >= 4 is 61.7 Å². The first-order valence-electron chi connectivity index (χ1n) is 9.60. The molecule has 9 heteroatoms. The summed E-state index contributed by atoms with van der Waals surface area (Å²) < 4.78 is 2.01. The monoisotopic (exact) mass is 515 g/mol. The quantitative estimate of drug-likeness (QED) is 0.373. The first kappa shape index (κ1) is 20.5. The van der Waals surface area contributed by atoms with Crippen molar-refractivity contribution in [3.63, 3.8) is 0 Å². The normalized spacial score (nSPS) is 15.3. The van der Waals surface area contributed by atoms with Crippen LogP contribution in [0.25, 0.3) is 16.6 Å². The molecule has 1 aliphatic carbocycles. The van der Waals surface area contributed by atoms with Crippen molar-refractivity contribution in [2.75, 3.05) is 5.32 Å². The lowest BCUT2D eigenvalue weighted by Gasteiger charge is -2.13. The number of nitrogens with zero attached hydrogens (tertiary/aromatic N) is 3. The predicted molar refractivity (Wildman–Crippen MR) is 128 cm³/mol. The second-order valence-electron chi connectivity index (χ2n) is 7.36. The SMILES string of the molecule is NC1CCc2ccc(Nc3ncc4c(=O)n(-c5c(Cl)cccc5Cl)cc(Br)c4n3)cc21. The van der Waals surface area contributed by atoms with Crippen molar-refractivity contribution in [3.8, 4) is 5.69 Å². The van der Waals surface area contributed by atoms with Gasteiger partial charge in [-0.15, -0.1) is 0 Å². The van der Waals surface area contributed by atoms with Crippen LogP contribution in [0.4, 0.5) is 11.6 Å². The molecule has 0 saturated carbocycles. The summed E-state index contributed by atoms with van der Waals surface area (Å²) in [5.41, 5.74) is 10.0. The number of nitrogens with one attached hydrogen (secondary N) is 1. The number of aryl methyl sites for hydroxylation is 1. The fourth-order valence-corrected chi connectivity index (χ4v) is 4.96. The first-order valence-corrected chi connectivity index (χ1v) is 11.1. The molecule has 1 aliphatic rings. The van der Waals surface area contributed by atoms with Crippen molar-refractivity contribution in [3.05, 3.63) is 84.8 Å². The van der Waals surface area contributed by atoms with Crippen LogP contribution in [0, 0.1) is 0 Å². The largest absolute Gasteiger partial charge is 0.324 e. The van der Waals surface area contributed by atoms with Gasteiger partial charge >= 0.3 is 0 Å². The van der Waals surface area contributed by atoms with E-state index in [4.69, 9.17) is 28.9 Å². The van der Waals surface area contributed by atoms with E-state index in [1.807, 2.05) is 12.1 Å². The van der Waals surface area contributed by atoms with Gasteiger partial charge in [-0.05, 0) is 64.2 Å². The Morgan fingerprint density at radius 2 is 1.97 bits per heavy atom. The number of hydrogen-bond acceptors (Lipinski definition) is 5. The smallest absolute Gasteiger partial charge is 0.266 e. The van der Waals surface area contributed by atoms with Crippen LogP contribution in [0.5, 0.6) is 0 Å². The third kappa shape index (κ3) is 3.61. The molecule has 3 N–H and O–H groups in total. The van der Waals surface area contributed by atoms with Crippen LogP contribution in [0.2, 0.25) is 10.0 Å². The summed E-state index contributed by atoms with van der Waals surface area (Å²) in [5.74, 6) is 0.382. The maximum absolute atomic E-state index is 13.1. The number of hydrogen-bond donors (Lipinski definition) is 2. The van der Waals surface area contributed by atoms with E-state index in [9.17, 15) is 4.79 Å². The summed E-state index contributed by atoms with van der Waals surface area (Å²) >= 11 is 16.1. The molecule has 0 spiro atoms. The Balaban J connectivity index is 1.57. The van der Waals surface area contributed by atoms with Crippen LogP contribution in [-0.4, -0.2) is 14.5 Å². The Bertz CT molecular complexity index is 1380. The fourth-order valence-electron chi connectivity index (χ4n) is 3.87. The van der Waals surface area contributed by atoms with E-state index in [1.165, 1.54) is 16.3 Å². The molecule has 4 aromatic rings. The minimum atomic E-state index is -0.316. The zero-order valence-corrected chi connectivity index (χ0v) is 19.2. The van der Waals surface area contributed by atoms with Crippen molar-refractivity contribution < 1.29 is 0 Å². The van der Waals surface area contributed by atoms with E-state index < -0.39 is 0 Å². The molecule has 2 aromatic carbocycles. The van der Waals surface area contributed by atoms with Crippen LogP contribution >= 0.6 is 39.1 Å². The third-order valence-corrected chi connectivity index (χ3v) is 6.60. The lowest BCUT2D eigenvalue weighted by atomic mass is 10.1. The highest BCUT2D eigenvalue weighted by Gasteiger charge is 2.19. The molecule has 0 aliphatic heterocycles. The van der Waals surface area contributed by atoms with Gasteiger partial charge in [-0.2, -0.15) is 0 Å². The van der Waals surface area contributed by atoms with Crippen molar-refractivity contribution in [2.24, 2.45) is 5.73 Å². The van der Waals surface area contributed by atoms with Gasteiger partial charge in [0.05, 0.1) is 31.1 Å². The Hall–Kier alpha value is -2.45. The zero-order chi connectivity index (χ0) is 21.7. The van der Waals surface area contributed by atoms with E-state index in [-0.39, 0.29) is 11.6 Å². The Labute approximate surface area is 196 Å². The van der Waals surface area contributed by atoms with Gasteiger partial charge in [-0.3, -0.25) is 9.36 Å². The number of nitrogens with two attached hydrogens (primary N) is 1. The summed E-state index contributed by atoms with van der Waals surface area (Å²) in [6.07, 6.45) is 5.07. The van der Waals surface area contributed by atoms with Crippen LogP contribution in [0.1, 0.15) is 23.6 Å². The van der Waals surface area contributed by atoms with Gasteiger partial charge in [0.25, 0.3) is 5.56 Å². The average Bonchev–Trinajstić information content (AvgIpc) is 3.12. The molecule has 0 saturated heterocycles. The summed E-state index contributed by atoms with van der Waals surface area (Å²) in [4.78, 5) is 22.0. The molecule has 0 bridgehead atoms. The van der Waals surface area contributed by atoms with Gasteiger partial charge in [-0.1, -0.05) is 35.3 Å². The van der Waals surface area contributed by atoms with Gasteiger partial charge in [-0.25, -0.2) is 9.97 Å². The molecular weight excluding hydrogens is 501 g/mol. The minimum Gasteiger partial charge on any atom is -0.324 e. The van der Waals surface area contributed by atoms with E-state index >= 15 is 0 Å². The maximum Gasteiger partial charge on any atom is 0.266 e.